The van der Waals surface area contributed by atoms with Crippen LogP contribution < -0.4 is 4.90 Å². The van der Waals surface area contributed by atoms with E-state index in [0.717, 1.165) is 56.0 Å². The summed E-state index contributed by atoms with van der Waals surface area (Å²) in [5, 5.41) is 2.49. The van der Waals surface area contributed by atoms with Gasteiger partial charge in [-0.05, 0) is 76.9 Å². The zero-order valence-electron chi connectivity index (χ0n) is 34.5. The summed E-state index contributed by atoms with van der Waals surface area (Å²) in [6.07, 6.45) is 3.71. The third-order valence-electron chi connectivity index (χ3n) is 11.8. The van der Waals surface area contributed by atoms with Crippen LogP contribution in [0.5, 0.6) is 0 Å². The zero-order valence-corrected chi connectivity index (χ0v) is 34.5. The lowest BCUT2D eigenvalue weighted by molar-refractivity contribution is 1.07. The lowest BCUT2D eigenvalue weighted by atomic mass is 9.98. The molecule has 0 spiro atoms. The van der Waals surface area contributed by atoms with E-state index < -0.39 is 0 Å². The summed E-state index contributed by atoms with van der Waals surface area (Å²) in [5.41, 5.74) is 15.2. The lowest BCUT2D eigenvalue weighted by Crippen LogP contribution is -2.10. The van der Waals surface area contributed by atoms with Gasteiger partial charge in [-0.3, -0.25) is 4.98 Å². The SMILES string of the molecule is CN(c1ccc(-c2ccc3c(c2)c2ccccc2n3-c2ccccc2)cc1)c1ccccc1-c1ccc(-c2cncc(-c3nc(-c4ccccc4)nc(-c4ccccc4)n3)c2)cc1. The number of nitrogens with zero attached hydrogens (tertiary/aromatic N) is 6. The van der Waals surface area contributed by atoms with E-state index in [9.17, 15) is 0 Å². The van der Waals surface area contributed by atoms with Gasteiger partial charge in [0.1, 0.15) is 0 Å². The fraction of sp³-hybridized carbons (Fsp3) is 0.0175. The summed E-state index contributed by atoms with van der Waals surface area (Å²) in [6, 6.07) is 74.4. The van der Waals surface area contributed by atoms with Crippen molar-refractivity contribution in [3.63, 3.8) is 0 Å². The molecule has 0 amide bonds. The van der Waals surface area contributed by atoms with E-state index in [1.54, 1.807) is 0 Å². The Morgan fingerprint density at radius 1 is 0.365 bits per heavy atom. The first kappa shape index (κ1) is 37.5. The molecular formula is C57H40N6. The fourth-order valence-electron chi connectivity index (χ4n) is 8.53. The molecule has 3 heterocycles. The van der Waals surface area contributed by atoms with Gasteiger partial charge in [0.05, 0.1) is 11.0 Å². The molecule has 0 saturated carbocycles. The van der Waals surface area contributed by atoms with E-state index in [1.807, 2.05) is 73.1 Å². The highest BCUT2D eigenvalue weighted by molar-refractivity contribution is 6.10. The Morgan fingerprint density at radius 3 is 1.57 bits per heavy atom. The third-order valence-corrected chi connectivity index (χ3v) is 11.8. The van der Waals surface area contributed by atoms with Crippen molar-refractivity contribution in [3.8, 4) is 73.2 Å². The minimum atomic E-state index is 0.576. The molecule has 0 aliphatic rings. The number of benzene rings is 8. The maximum atomic E-state index is 4.92. The smallest absolute Gasteiger partial charge is 0.165 e. The Hall–Kier alpha value is -8.48. The van der Waals surface area contributed by atoms with Gasteiger partial charge in [0.2, 0.25) is 0 Å². The van der Waals surface area contributed by atoms with Gasteiger partial charge in [0.15, 0.2) is 17.5 Å². The monoisotopic (exact) mass is 808 g/mol. The summed E-state index contributed by atoms with van der Waals surface area (Å²) >= 11 is 0. The predicted molar refractivity (Wildman–Crippen MR) is 259 cm³/mol. The number of aromatic nitrogens is 5. The summed E-state index contributed by atoms with van der Waals surface area (Å²) in [4.78, 5) is 21.6. The van der Waals surface area contributed by atoms with E-state index in [4.69, 9.17) is 15.0 Å². The Bertz CT molecular complexity index is 3320. The molecule has 11 rings (SSSR count). The fourth-order valence-corrected chi connectivity index (χ4v) is 8.53. The standard InChI is InChI=1S/C57H40N6/c1-62(47-32-29-39(30-33-47)44-31-34-54-51(36-44)50-22-12-14-24-53(50)63(54)48-19-9-4-10-20-48)52-23-13-11-21-49(52)41-27-25-40(26-28-41)45-35-46(38-58-37-45)57-60-55(42-15-5-2-6-16-42)59-56(61-57)43-17-7-3-8-18-43/h2-38H,1H3. The second-order valence-electron chi connectivity index (χ2n) is 15.6. The molecule has 6 heteroatoms. The molecule has 0 unspecified atom stereocenters. The number of rotatable bonds is 9. The van der Waals surface area contributed by atoms with Gasteiger partial charge in [0, 0.05) is 75.1 Å². The van der Waals surface area contributed by atoms with E-state index >= 15 is 0 Å². The topological polar surface area (TPSA) is 59.7 Å². The Labute approximate surface area is 366 Å². The molecule has 3 aromatic heterocycles. The van der Waals surface area contributed by atoms with Gasteiger partial charge < -0.3 is 9.47 Å². The second-order valence-corrected chi connectivity index (χ2v) is 15.6. The zero-order chi connectivity index (χ0) is 42.1. The number of pyridine rings is 1. The summed E-state index contributed by atoms with van der Waals surface area (Å²) in [6.45, 7) is 0. The first-order valence-corrected chi connectivity index (χ1v) is 21.1. The average molecular weight is 809 g/mol. The third kappa shape index (κ3) is 7.19. The Balaban J connectivity index is 0.865. The van der Waals surface area contributed by atoms with Crippen LogP contribution in [0.4, 0.5) is 11.4 Å². The van der Waals surface area contributed by atoms with Gasteiger partial charge >= 0.3 is 0 Å². The minimum Gasteiger partial charge on any atom is -0.344 e. The number of para-hydroxylation sites is 3. The van der Waals surface area contributed by atoms with Gasteiger partial charge in [0.25, 0.3) is 0 Å². The van der Waals surface area contributed by atoms with Crippen molar-refractivity contribution in [1.29, 1.82) is 0 Å². The van der Waals surface area contributed by atoms with Gasteiger partial charge in [-0.2, -0.15) is 0 Å². The first-order chi connectivity index (χ1) is 31.1. The van der Waals surface area contributed by atoms with Gasteiger partial charge in [-0.1, -0.05) is 158 Å². The van der Waals surface area contributed by atoms with Crippen LogP contribution in [0.1, 0.15) is 0 Å². The molecule has 0 aliphatic heterocycles. The molecule has 0 saturated heterocycles. The molecule has 11 aromatic rings. The predicted octanol–water partition coefficient (Wildman–Crippen LogP) is 14.1. The summed E-state index contributed by atoms with van der Waals surface area (Å²) in [7, 11) is 2.14. The molecular weight excluding hydrogens is 769 g/mol. The molecule has 8 aromatic carbocycles. The largest absolute Gasteiger partial charge is 0.344 e. The molecule has 0 aliphatic carbocycles. The number of hydrogen-bond donors (Lipinski definition) is 0. The molecule has 63 heavy (non-hydrogen) atoms. The molecule has 0 bridgehead atoms. The van der Waals surface area contributed by atoms with Crippen LogP contribution in [0.15, 0.2) is 225 Å². The maximum absolute atomic E-state index is 4.92. The van der Waals surface area contributed by atoms with Crippen molar-refractivity contribution >= 4 is 33.2 Å². The minimum absolute atomic E-state index is 0.576. The van der Waals surface area contributed by atoms with Crippen LogP contribution >= 0.6 is 0 Å². The summed E-state index contributed by atoms with van der Waals surface area (Å²) in [5.74, 6) is 1.82. The number of anilines is 2. The van der Waals surface area contributed by atoms with E-state index in [-0.39, 0.29) is 0 Å². The van der Waals surface area contributed by atoms with Gasteiger partial charge in [-0.15, -0.1) is 0 Å². The normalized spacial score (nSPS) is 11.3. The Morgan fingerprint density at radius 2 is 0.873 bits per heavy atom. The van der Waals surface area contributed by atoms with Crippen molar-refractivity contribution in [2.24, 2.45) is 0 Å². The van der Waals surface area contributed by atoms with Crippen LogP contribution in [0, 0.1) is 0 Å². The Kier molecular flexibility index (Phi) is 9.63. The van der Waals surface area contributed by atoms with Crippen LogP contribution in [0.2, 0.25) is 0 Å². The molecule has 298 valence electrons. The van der Waals surface area contributed by atoms with Crippen molar-refractivity contribution in [2.45, 2.75) is 0 Å². The summed E-state index contributed by atoms with van der Waals surface area (Å²) < 4.78 is 2.36. The van der Waals surface area contributed by atoms with Crippen molar-refractivity contribution in [2.75, 3.05) is 11.9 Å². The van der Waals surface area contributed by atoms with Crippen LogP contribution in [-0.4, -0.2) is 31.6 Å². The molecule has 0 N–H and O–H groups in total. The highest BCUT2D eigenvalue weighted by Gasteiger charge is 2.16. The maximum Gasteiger partial charge on any atom is 0.165 e. The van der Waals surface area contributed by atoms with E-state index in [1.165, 1.54) is 32.9 Å². The molecule has 0 atom stereocenters. The van der Waals surface area contributed by atoms with Crippen LogP contribution in [-0.2, 0) is 0 Å². The van der Waals surface area contributed by atoms with E-state index in [0.29, 0.717) is 17.5 Å². The second kappa shape index (κ2) is 16.2. The molecule has 0 radical (unpaired) electrons. The first-order valence-electron chi connectivity index (χ1n) is 21.1. The quantitative estimate of drug-likeness (QED) is 0.145. The highest BCUT2D eigenvalue weighted by Crippen LogP contribution is 2.38. The highest BCUT2D eigenvalue weighted by atomic mass is 15.1. The van der Waals surface area contributed by atoms with Gasteiger partial charge in [-0.25, -0.2) is 15.0 Å². The molecule has 6 nitrogen and oxygen atoms in total. The van der Waals surface area contributed by atoms with Crippen molar-refractivity contribution < 1.29 is 0 Å². The van der Waals surface area contributed by atoms with Crippen LogP contribution in [0.3, 0.4) is 0 Å². The molecule has 0 fully saturated rings. The van der Waals surface area contributed by atoms with E-state index in [2.05, 4.69) is 173 Å². The number of hydrogen-bond acceptors (Lipinski definition) is 5. The lowest BCUT2D eigenvalue weighted by Gasteiger charge is -2.23. The van der Waals surface area contributed by atoms with Crippen molar-refractivity contribution in [3.05, 3.63) is 225 Å². The number of fused-ring (bicyclic) bond motifs is 3. The van der Waals surface area contributed by atoms with Crippen molar-refractivity contribution in [1.82, 2.24) is 24.5 Å². The average Bonchev–Trinajstić information content (AvgIpc) is 3.70. The van der Waals surface area contributed by atoms with Crippen LogP contribution in [0.25, 0.3) is 95.0 Å².